The smallest absolute Gasteiger partial charge is 0.233 e. The Bertz CT molecular complexity index is 578. The first-order valence-corrected chi connectivity index (χ1v) is 10.6. The normalized spacial score (nSPS) is 22.0. The van der Waals surface area contributed by atoms with Gasteiger partial charge in [-0.2, -0.15) is 0 Å². The molecule has 1 unspecified atom stereocenters. The standard InChI is InChI=1S/C20H30N2O3S/c1-24-17-7-5-8-19(13-17)26-16-20(23)22-11-6-12-25-18(15-22)14-21-9-3-2-4-10-21/h5,7-8,13,18H,2-4,6,9-12,14-16H2,1H3. The van der Waals surface area contributed by atoms with Crippen molar-refractivity contribution in [1.29, 1.82) is 0 Å². The van der Waals surface area contributed by atoms with Crippen LogP contribution in [0.25, 0.3) is 0 Å². The fourth-order valence-electron chi connectivity index (χ4n) is 3.59. The monoisotopic (exact) mass is 378 g/mol. The van der Waals surface area contributed by atoms with Gasteiger partial charge in [-0.1, -0.05) is 12.5 Å². The fraction of sp³-hybridized carbons (Fsp3) is 0.650. The van der Waals surface area contributed by atoms with E-state index >= 15 is 0 Å². The Morgan fingerprint density at radius 2 is 2.08 bits per heavy atom. The Morgan fingerprint density at radius 1 is 1.23 bits per heavy atom. The van der Waals surface area contributed by atoms with Crippen LogP contribution in [0.3, 0.4) is 0 Å². The largest absolute Gasteiger partial charge is 0.497 e. The second-order valence-electron chi connectivity index (χ2n) is 7.02. The summed E-state index contributed by atoms with van der Waals surface area (Å²) in [5.74, 6) is 1.49. The average molecular weight is 379 g/mol. The van der Waals surface area contributed by atoms with Crippen LogP contribution in [0.5, 0.6) is 5.75 Å². The summed E-state index contributed by atoms with van der Waals surface area (Å²) in [5.41, 5.74) is 0. The highest BCUT2D eigenvalue weighted by Crippen LogP contribution is 2.23. The topological polar surface area (TPSA) is 42.0 Å². The van der Waals surface area contributed by atoms with Gasteiger partial charge < -0.3 is 19.3 Å². The first-order chi connectivity index (χ1) is 12.7. The van der Waals surface area contributed by atoms with E-state index in [9.17, 15) is 4.79 Å². The number of ether oxygens (including phenoxy) is 2. The maximum Gasteiger partial charge on any atom is 0.233 e. The number of amides is 1. The van der Waals surface area contributed by atoms with Gasteiger partial charge in [-0.3, -0.25) is 4.79 Å². The number of piperidine rings is 1. The van der Waals surface area contributed by atoms with Gasteiger partial charge in [0.2, 0.25) is 5.91 Å². The molecule has 0 aromatic heterocycles. The molecule has 5 nitrogen and oxygen atoms in total. The third-order valence-corrected chi connectivity index (χ3v) is 6.00. The number of likely N-dealkylation sites (tertiary alicyclic amines) is 1. The van der Waals surface area contributed by atoms with Gasteiger partial charge in [-0.05, 0) is 50.6 Å². The van der Waals surface area contributed by atoms with Gasteiger partial charge in [0, 0.05) is 31.1 Å². The van der Waals surface area contributed by atoms with E-state index in [2.05, 4.69) is 4.90 Å². The number of hydrogen-bond donors (Lipinski definition) is 0. The second-order valence-corrected chi connectivity index (χ2v) is 8.06. The van der Waals surface area contributed by atoms with E-state index in [4.69, 9.17) is 9.47 Å². The number of carbonyl (C=O) groups excluding carboxylic acids is 1. The van der Waals surface area contributed by atoms with E-state index in [1.165, 1.54) is 32.4 Å². The van der Waals surface area contributed by atoms with Gasteiger partial charge in [0.15, 0.2) is 0 Å². The number of nitrogens with zero attached hydrogens (tertiary/aromatic N) is 2. The van der Waals surface area contributed by atoms with Gasteiger partial charge in [-0.25, -0.2) is 0 Å². The molecule has 144 valence electrons. The summed E-state index contributed by atoms with van der Waals surface area (Å²) < 4.78 is 11.3. The van der Waals surface area contributed by atoms with Crippen LogP contribution >= 0.6 is 11.8 Å². The van der Waals surface area contributed by atoms with E-state index < -0.39 is 0 Å². The van der Waals surface area contributed by atoms with Crippen LogP contribution < -0.4 is 4.74 Å². The molecule has 0 aliphatic carbocycles. The molecule has 2 aliphatic heterocycles. The summed E-state index contributed by atoms with van der Waals surface area (Å²) in [7, 11) is 1.66. The molecule has 1 atom stereocenters. The van der Waals surface area contributed by atoms with E-state index in [1.807, 2.05) is 29.2 Å². The highest BCUT2D eigenvalue weighted by Gasteiger charge is 2.25. The van der Waals surface area contributed by atoms with Crippen LogP contribution in [0.2, 0.25) is 0 Å². The minimum atomic E-state index is 0.140. The predicted molar refractivity (Wildman–Crippen MR) is 105 cm³/mol. The van der Waals surface area contributed by atoms with Gasteiger partial charge >= 0.3 is 0 Å². The summed E-state index contributed by atoms with van der Waals surface area (Å²) in [6.07, 6.45) is 4.97. The molecule has 2 saturated heterocycles. The lowest BCUT2D eigenvalue weighted by molar-refractivity contribution is -0.129. The van der Waals surface area contributed by atoms with Crippen LogP contribution in [-0.2, 0) is 9.53 Å². The molecule has 1 amide bonds. The molecule has 0 radical (unpaired) electrons. The van der Waals surface area contributed by atoms with Crippen molar-refractivity contribution in [2.24, 2.45) is 0 Å². The van der Waals surface area contributed by atoms with E-state index in [1.54, 1.807) is 18.9 Å². The van der Waals surface area contributed by atoms with E-state index in [0.717, 1.165) is 36.8 Å². The molecule has 2 aliphatic rings. The minimum absolute atomic E-state index is 0.140. The molecular formula is C20H30N2O3S. The SMILES string of the molecule is COc1cccc(SCC(=O)N2CCCOC(CN3CCCCC3)C2)c1. The summed E-state index contributed by atoms with van der Waals surface area (Å²) in [6, 6.07) is 7.87. The third kappa shape index (κ3) is 5.89. The van der Waals surface area contributed by atoms with Gasteiger partial charge in [0.05, 0.1) is 19.0 Å². The Morgan fingerprint density at radius 3 is 2.88 bits per heavy atom. The quantitative estimate of drug-likeness (QED) is 0.712. The zero-order valence-corrected chi connectivity index (χ0v) is 16.5. The van der Waals surface area contributed by atoms with Gasteiger partial charge in [-0.15, -0.1) is 11.8 Å². The van der Waals surface area contributed by atoms with Crippen LogP contribution in [0, 0.1) is 0 Å². The molecule has 1 aromatic carbocycles. The molecule has 0 N–H and O–H groups in total. The van der Waals surface area contributed by atoms with Crippen molar-refractivity contribution in [3.8, 4) is 5.75 Å². The average Bonchev–Trinajstić information content (AvgIpc) is 2.93. The molecule has 2 heterocycles. The lowest BCUT2D eigenvalue weighted by Gasteiger charge is -2.31. The molecule has 0 spiro atoms. The molecule has 1 aromatic rings. The summed E-state index contributed by atoms with van der Waals surface area (Å²) >= 11 is 1.57. The van der Waals surface area contributed by atoms with Crippen molar-refractivity contribution in [2.45, 2.75) is 36.7 Å². The van der Waals surface area contributed by atoms with Crippen molar-refractivity contribution >= 4 is 17.7 Å². The number of methoxy groups -OCH3 is 1. The Hall–Kier alpha value is -1.24. The Balaban J connectivity index is 1.50. The van der Waals surface area contributed by atoms with Crippen molar-refractivity contribution in [2.75, 3.05) is 52.2 Å². The molecule has 6 heteroatoms. The zero-order valence-electron chi connectivity index (χ0n) is 15.7. The highest BCUT2D eigenvalue weighted by molar-refractivity contribution is 8.00. The summed E-state index contributed by atoms with van der Waals surface area (Å²) in [4.78, 5) is 18.3. The number of rotatable bonds is 6. The third-order valence-electron chi connectivity index (χ3n) is 5.02. The molecule has 26 heavy (non-hydrogen) atoms. The first-order valence-electron chi connectivity index (χ1n) is 9.63. The maximum atomic E-state index is 12.7. The maximum absolute atomic E-state index is 12.7. The lowest BCUT2D eigenvalue weighted by atomic mass is 10.1. The number of thioether (sulfide) groups is 1. The lowest BCUT2D eigenvalue weighted by Crippen LogP contribution is -2.44. The van der Waals surface area contributed by atoms with Crippen LogP contribution in [-0.4, -0.2) is 74.0 Å². The van der Waals surface area contributed by atoms with Gasteiger partial charge in [0.25, 0.3) is 0 Å². The van der Waals surface area contributed by atoms with Crippen molar-refractivity contribution in [3.05, 3.63) is 24.3 Å². The molecule has 2 fully saturated rings. The van der Waals surface area contributed by atoms with Crippen molar-refractivity contribution in [1.82, 2.24) is 9.80 Å². The number of carbonyl (C=O) groups is 1. The molecule has 0 saturated carbocycles. The van der Waals surface area contributed by atoms with Crippen LogP contribution in [0.15, 0.2) is 29.2 Å². The van der Waals surface area contributed by atoms with E-state index in [0.29, 0.717) is 12.3 Å². The van der Waals surface area contributed by atoms with Crippen molar-refractivity contribution < 1.29 is 14.3 Å². The van der Waals surface area contributed by atoms with Crippen LogP contribution in [0.1, 0.15) is 25.7 Å². The Kier molecular flexibility index (Phi) is 7.65. The van der Waals surface area contributed by atoms with Crippen molar-refractivity contribution in [3.63, 3.8) is 0 Å². The Labute approximate surface area is 161 Å². The second kappa shape index (κ2) is 10.2. The first kappa shape index (κ1) is 19.5. The molecule has 3 rings (SSSR count). The van der Waals surface area contributed by atoms with E-state index in [-0.39, 0.29) is 12.0 Å². The minimum Gasteiger partial charge on any atom is -0.497 e. The predicted octanol–water partition coefficient (Wildman–Crippen LogP) is 2.89. The summed E-state index contributed by atoms with van der Waals surface area (Å²) in [6.45, 7) is 5.55. The molecule has 0 bridgehead atoms. The highest BCUT2D eigenvalue weighted by atomic mass is 32.2. The number of benzene rings is 1. The fourth-order valence-corrected chi connectivity index (χ4v) is 4.44. The van der Waals surface area contributed by atoms with Crippen LogP contribution in [0.4, 0.5) is 0 Å². The number of hydrogen-bond acceptors (Lipinski definition) is 5. The molecular weight excluding hydrogens is 348 g/mol. The summed E-state index contributed by atoms with van der Waals surface area (Å²) in [5, 5.41) is 0. The van der Waals surface area contributed by atoms with Gasteiger partial charge in [0.1, 0.15) is 5.75 Å². The zero-order chi connectivity index (χ0) is 18.2.